The normalized spacial score (nSPS) is 10.2. The Kier molecular flexibility index (Phi) is 5.99. The Morgan fingerprint density at radius 2 is 1.95 bits per heavy atom. The number of nitrogens with two attached hydrogens (primary N) is 1. The number of carbonyl (C=O) groups is 2. The maximum atomic E-state index is 11.8. The third kappa shape index (κ3) is 4.55. The zero-order valence-corrected chi connectivity index (χ0v) is 12.0. The number of carbonyl (C=O) groups excluding carboxylic acids is 2. The average molecular weight is 279 g/mol. The van der Waals surface area contributed by atoms with Crippen molar-refractivity contribution in [3.8, 4) is 5.75 Å². The molecule has 0 atom stereocenters. The lowest BCUT2D eigenvalue weighted by Crippen LogP contribution is -2.21. The van der Waals surface area contributed by atoms with Crippen molar-refractivity contribution in [2.45, 2.75) is 20.3 Å². The van der Waals surface area contributed by atoms with Crippen molar-refractivity contribution < 1.29 is 14.3 Å². The maximum Gasteiger partial charge on any atom is 0.226 e. The molecule has 0 aliphatic rings. The monoisotopic (exact) mass is 279 g/mol. The van der Waals surface area contributed by atoms with E-state index in [2.05, 4.69) is 10.6 Å². The SMILES string of the molecule is COc1ccc(NC(=O)C(C)C)c(NC(=O)CCN)c1. The molecular weight excluding hydrogens is 258 g/mol. The van der Waals surface area contributed by atoms with Crippen LogP contribution in [0.4, 0.5) is 11.4 Å². The van der Waals surface area contributed by atoms with Gasteiger partial charge >= 0.3 is 0 Å². The third-order valence-electron chi connectivity index (χ3n) is 2.65. The van der Waals surface area contributed by atoms with Crippen LogP contribution < -0.4 is 21.1 Å². The second-order valence-electron chi connectivity index (χ2n) is 4.64. The van der Waals surface area contributed by atoms with Crippen LogP contribution in [-0.4, -0.2) is 25.5 Å². The van der Waals surface area contributed by atoms with Crippen molar-refractivity contribution >= 4 is 23.2 Å². The highest BCUT2D eigenvalue weighted by molar-refractivity contribution is 6.00. The van der Waals surface area contributed by atoms with Gasteiger partial charge in [0.2, 0.25) is 11.8 Å². The van der Waals surface area contributed by atoms with Crippen molar-refractivity contribution in [2.24, 2.45) is 11.7 Å². The van der Waals surface area contributed by atoms with E-state index in [0.717, 1.165) is 0 Å². The largest absolute Gasteiger partial charge is 0.497 e. The number of anilines is 2. The molecule has 0 bridgehead atoms. The van der Waals surface area contributed by atoms with Crippen molar-refractivity contribution in [1.82, 2.24) is 0 Å². The molecule has 0 fully saturated rings. The van der Waals surface area contributed by atoms with Crippen LogP contribution in [0.3, 0.4) is 0 Å². The van der Waals surface area contributed by atoms with Gasteiger partial charge in [0.05, 0.1) is 18.5 Å². The molecule has 4 N–H and O–H groups in total. The van der Waals surface area contributed by atoms with Crippen LogP contribution in [0.2, 0.25) is 0 Å². The fourth-order valence-corrected chi connectivity index (χ4v) is 1.48. The average Bonchev–Trinajstić information content (AvgIpc) is 2.40. The molecular formula is C14H21N3O3. The number of rotatable bonds is 6. The van der Waals surface area contributed by atoms with Crippen LogP contribution in [0.25, 0.3) is 0 Å². The predicted octanol–water partition coefficient (Wildman–Crippen LogP) is 1.58. The Morgan fingerprint density at radius 1 is 1.25 bits per heavy atom. The summed E-state index contributed by atoms with van der Waals surface area (Å²) in [6.07, 6.45) is 0.217. The molecule has 20 heavy (non-hydrogen) atoms. The van der Waals surface area contributed by atoms with Crippen LogP contribution in [0, 0.1) is 5.92 Å². The van der Waals surface area contributed by atoms with E-state index in [4.69, 9.17) is 10.5 Å². The molecule has 0 aromatic heterocycles. The number of hydrogen-bond acceptors (Lipinski definition) is 4. The lowest BCUT2D eigenvalue weighted by Gasteiger charge is -2.14. The van der Waals surface area contributed by atoms with Gasteiger partial charge in [0.15, 0.2) is 0 Å². The van der Waals surface area contributed by atoms with Gasteiger partial charge in [-0.25, -0.2) is 0 Å². The molecule has 0 heterocycles. The Labute approximate surface area is 118 Å². The van der Waals surface area contributed by atoms with Crippen LogP contribution in [0.15, 0.2) is 18.2 Å². The summed E-state index contributed by atoms with van der Waals surface area (Å²) < 4.78 is 5.12. The second kappa shape index (κ2) is 7.49. The minimum absolute atomic E-state index is 0.121. The van der Waals surface area contributed by atoms with Gasteiger partial charge in [0.25, 0.3) is 0 Å². The Balaban J connectivity index is 2.97. The summed E-state index contributed by atoms with van der Waals surface area (Å²) in [6, 6.07) is 5.07. The van der Waals surface area contributed by atoms with Crippen LogP contribution in [0.5, 0.6) is 5.75 Å². The van der Waals surface area contributed by atoms with E-state index in [-0.39, 0.29) is 30.7 Å². The zero-order chi connectivity index (χ0) is 15.1. The maximum absolute atomic E-state index is 11.8. The number of hydrogen-bond donors (Lipinski definition) is 3. The number of benzene rings is 1. The Hall–Kier alpha value is -2.08. The Bertz CT molecular complexity index is 487. The lowest BCUT2D eigenvalue weighted by molar-refractivity contribution is -0.119. The summed E-state index contributed by atoms with van der Waals surface area (Å²) in [5.41, 5.74) is 6.38. The molecule has 0 saturated carbocycles. The van der Waals surface area contributed by atoms with Crippen LogP contribution in [-0.2, 0) is 9.59 Å². The molecule has 1 rings (SSSR count). The molecule has 6 nitrogen and oxygen atoms in total. The lowest BCUT2D eigenvalue weighted by atomic mass is 10.2. The van der Waals surface area contributed by atoms with Crippen molar-refractivity contribution in [1.29, 1.82) is 0 Å². The summed E-state index contributed by atoms with van der Waals surface area (Å²) >= 11 is 0. The van der Waals surface area contributed by atoms with E-state index in [0.29, 0.717) is 17.1 Å². The molecule has 2 amide bonds. The minimum Gasteiger partial charge on any atom is -0.497 e. The fourth-order valence-electron chi connectivity index (χ4n) is 1.48. The van der Waals surface area contributed by atoms with Gasteiger partial charge in [-0.05, 0) is 12.1 Å². The van der Waals surface area contributed by atoms with Crippen LogP contribution >= 0.6 is 0 Å². The van der Waals surface area contributed by atoms with Gasteiger partial charge in [-0.3, -0.25) is 9.59 Å². The first kappa shape index (κ1) is 16.0. The highest BCUT2D eigenvalue weighted by Gasteiger charge is 2.12. The topological polar surface area (TPSA) is 93.5 Å². The van der Waals surface area contributed by atoms with Crippen molar-refractivity contribution in [3.05, 3.63) is 18.2 Å². The molecule has 0 spiro atoms. The number of methoxy groups -OCH3 is 1. The summed E-state index contributed by atoms with van der Waals surface area (Å²) in [5, 5.41) is 5.49. The quantitative estimate of drug-likeness (QED) is 0.737. The van der Waals surface area contributed by atoms with E-state index in [1.807, 2.05) is 0 Å². The van der Waals surface area contributed by atoms with Crippen LogP contribution in [0.1, 0.15) is 20.3 Å². The van der Waals surface area contributed by atoms with Gasteiger partial charge in [0, 0.05) is 24.9 Å². The molecule has 0 aliphatic heterocycles. The second-order valence-corrected chi connectivity index (χ2v) is 4.64. The number of nitrogens with one attached hydrogen (secondary N) is 2. The molecule has 1 aromatic carbocycles. The van der Waals surface area contributed by atoms with Crippen molar-refractivity contribution in [2.75, 3.05) is 24.3 Å². The number of ether oxygens (including phenoxy) is 1. The van der Waals surface area contributed by atoms with E-state index in [1.54, 1.807) is 32.0 Å². The number of amides is 2. The summed E-state index contributed by atoms with van der Waals surface area (Å²) in [5.74, 6) is 0.116. The van der Waals surface area contributed by atoms with Gasteiger partial charge in [-0.1, -0.05) is 13.8 Å². The summed E-state index contributed by atoms with van der Waals surface area (Å²) in [6.45, 7) is 3.86. The standard InChI is InChI=1S/C14H21N3O3/c1-9(2)14(19)17-11-5-4-10(20-3)8-12(11)16-13(18)6-7-15/h4-5,8-9H,6-7,15H2,1-3H3,(H,16,18)(H,17,19). The first-order valence-electron chi connectivity index (χ1n) is 6.46. The molecule has 0 unspecified atom stereocenters. The summed E-state index contributed by atoms with van der Waals surface area (Å²) in [4.78, 5) is 23.4. The highest BCUT2D eigenvalue weighted by atomic mass is 16.5. The van der Waals surface area contributed by atoms with Crippen molar-refractivity contribution in [3.63, 3.8) is 0 Å². The molecule has 110 valence electrons. The van der Waals surface area contributed by atoms with Gasteiger partial charge < -0.3 is 21.1 Å². The smallest absolute Gasteiger partial charge is 0.226 e. The minimum atomic E-state index is -0.208. The summed E-state index contributed by atoms with van der Waals surface area (Å²) in [7, 11) is 1.53. The highest BCUT2D eigenvalue weighted by Crippen LogP contribution is 2.27. The predicted molar refractivity (Wildman–Crippen MR) is 78.8 cm³/mol. The van der Waals surface area contributed by atoms with E-state index >= 15 is 0 Å². The molecule has 6 heteroatoms. The first-order valence-corrected chi connectivity index (χ1v) is 6.46. The zero-order valence-electron chi connectivity index (χ0n) is 12.0. The van der Waals surface area contributed by atoms with E-state index in [1.165, 1.54) is 7.11 Å². The van der Waals surface area contributed by atoms with Gasteiger partial charge in [-0.15, -0.1) is 0 Å². The molecule has 0 saturated heterocycles. The first-order chi connectivity index (χ1) is 9.47. The van der Waals surface area contributed by atoms with Gasteiger partial charge in [0.1, 0.15) is 5.75 Å². The third-order valence-corrected chi connectivity index (χ3v) is 2.65. The van der Waals surface area contributed by atoms with E-state index in [9.17, 15) is 9.59 Å². The molecule has 0 aliphatic carbocycles. The molecule has 0 radical (unpaired) electrons. The van der Waals surface area contributed by atoms with Gasteiger partial charge in [-0.2, -0.15) is 0 Å². The Morgan fingerprint density at radius 3 is 2.50 bits per heavy atom. The van der Waals surface area contributed by atoms with E-state index < -0.39 is 0 Å². The molecule has 1 aromatic rings. The fraction of sp³-hybridized carbons (Fsp3) is 0.429.